The lowest BCUT2D eigenvalue weighted by Crippen LogP contribution is -2.30. The van der Waals surface area contributed by atoms with Crippen LogP contribution in [0.3, 0.4) is 0 Å². The molecular formula is C31H30N4O. The van der Waals surface area contributed by atoms with Gasteiger partial charge < -0.3 is 14.5 Å². The summed E-state index contributed by atoms with van der Waals surface area (Å²) < 4.78 is 2.38. The maximum absolute atomic E-state index is 12.6. The van der Waals surface area contributed by atoms with Crippen LogP contribution in [0.2, 0.25) is 0 Å². The molecule has 0 radical (unpaired) electrons. The van der Waals surface area contributed by atoms with Gasteiger partial charge in [0.25, 0.3) is 0 Å². The number of aryl methyl sites for hydroxylation is 1. The quantitative estimate of drug-likeness (QED) is 0.320. The molecule has 1 amide bonds. The first kappa shape index (κ1) is 21.4. The highest BCUT2D eigenvalue weighted by molar-refractivity contribution is 5.86. The van der Waals surface area contributed by atoms with E-state index in [1.54, 1.807) is 0 Å². The van der Waals surface area contributed by atoms with Gasteiger partial charge in [-0.05, 0) is 78.4 Å². The fraction of sp³-hybridized carbons (Fsp3) is 0.290. The number of benzene rings is 3. The van der Waals surface area contributed by atoms with Gasteiger partial charge in [0, 0.05) is 42.8 Å². The first-order chi connectivity index (χ1) is 17.6. The van der Waals surface area contributed by atoms with Gasteiger partial charge in [-0.3, -0.25) is 4.79 Å². The maximum Gasteiger partial charge on any atom is 0.225 e. The molecule has 2 fully saturated rings. The molecule has 0 bridgehead atoms. The summed E-state index contributed by atoms with van der Waals surface area (Å²) in [6, 6.07) is 24.0. The molecule has 1 N–H and O–H groups in total. The van der Waals surface area contributed by atoms with Crippen molar-refractivity contribution in [2.45, 2.75) is 32.7 Å². The molecule has 5 aromatic rings. The van der Waals surface area contributed by atoms with Gasteiger partial charge in [0.1, 0.15) is 5.82 Å². The number of H-pyrrole nitrogens is 1. The zero-order valence-corrected chi connectivity index (χ0v) is 20.6. The van der Waals surface area contributed by atoms with Gasteiger partial charge in [0.2, 0.25) is 5.91 Å². The van der Waals surface area contributed by atoms with Crippen LogP contribution in [0.25, 0.3) is 44.5 Å². The highest BCUT2D eigenvalue weighted by Gasteiger charge is 2.36. The van der Waals surface area contributed by atoms with Crippen LogP contribution < -0.4 is 0 Å². The molecule has 3 aromatic carbocycles. The Morgan fingerprint density at radius 3 is 2.58 bits per heavy atom. The summed E-state index contributed by atoms with van der Waals surface area (Å²) in [5.41, 5.74) is 8.10. The number of amides is 1. The molecule has 36 heavy (non-hydrogen) atoms. The molecule has 7 rings (SSSR count). The number of hydrogen-bond donors (Lipinski definition) is 1. The molecule has 1 aliphatic heterocycles. The third-order valence-electron chi connectivity index (χ3n) is 7.90. The van der Waals surface area contributed by atoms with E-state index in [2.05, 4.69) is 88.1 Å². The van der Waals surface area contributed by atoms with Crippen molar-refractivity contribution in [1.29, 1.82) is 0 Å². The molecule has 1 saturated carbocycles. The lowest BCUT2D eigenvalue weighted by atomic mass is 10.0. The molecule has 2 aliphatic rings. The van der Waals surface area contributed by atoms with Gasteiger partial charge in [0.05, 0.1) is 11.0 Å². The van der Waals surface area contributed by atoms with Crippen LogP contribution >= 0.6 is 0 Å². The molecule has 5 heteroatoms. The molecule has 180 valence electrons. The number of carbonyl (C=O) groups is 1. The van der Waals surface area contributed by atoms with Crippen molar-refractivity contribution < 1.29 is 4.79 Å². The van der Waals surface area contributed by atoms with E-state index >= 15 is 0 Å². The minimum atomic E-state index is 0.299. The molecule has 1 atom stereocenters. The van der Waals surface area contributed by atoms with E-state index in [1.165, 1.54) is 27.6 Å². The van der Waals surface area contributed by atoms with Crippen LogP contribution in [0.15, 0.2) is 72.9 Å². The zero-order valence-electron chi connectivity index (χ0n) is 20.6. The normalized spacial score (nSPS) is 17.9. The van der Waals surface area contributed by atoms with Gasteiger partial charge in [-0.25, -0.2) is 4.98 Å². The van der Waals surface area contributed by atoms with Crippen molar-refractivity contribution in [2.75, 3.05) is 13.1 Å². The Hall–Kier alpha value is -3.86. The monoisotopic (exact) mass is 474 g/mol. The van der Waals surface area contributed by atoms with Gasteiger partial charge in [0.15, 0.2) is 0 Å². The number of likely N-dealkylation sites (tertiary alicyclic amines) is 1. The standard InChI is InChI=1S/C31H30N4O/c1-20-2-11-29-28(16-20)33-30(35(29)19-21-13-15-34(18-21)31(36)25-8-9-25)24-6-3-22(4-7-24)26-10-5-23-12-14-32-27(23)17-26/h2-7,10-12,14,16-17,21,25,32H,8-9,13,15,18-19H2,1H3/t21-/m1/s1. The van der Waals surface area contributed by atoms with Crippen molar-refractivity contribution in [2.24, 2.45) is 11.8 Å². The average Bonchev–Trinajstić information content (AvgIpc) is 3.30. The Balaban J connectivity index is 1.21. The summed E-state index contributed by atoms with van der Waals surface area (Å²) in [5, 5.41) is 1.23. The van der Waals surface area contributed by atoms with Crippen molar-refractivity contribution in [3.8, 4) is 22.5 Å². The molecule has 1 aliphatic carbocycles. The number of carbonyl (C=O) groups excluding carboxylic acids is 1. The third-order valence-corrected chi connectivity index (χ3v) is 7.90. The molecule has 1 saturated heterocycles. The van der Waals surface area contributed by atoms with Gasteiger partial charge in [-0.2, -0.15) is 0 Å². The summed E-state index contributed by atoms with van der Waals surface area (Å²) in [6.45, 7) is 4.75. The highest BCUT2D eigenvalue weighted by Crippen LogP contribution is 2.34. The SMILES string of the molecule is Cc1ccc2c(c1)nc(-c1ccc(-c3ccc4cc[nH]c4c3)cc1)n2C[C@@H]1CCN(C(=O)C2CC2)C1. The number of rotatable bonds is 5. The fourth-order valence-corrected chi connectivity index (χ4v) is 5.71. The van der Waals surface area contributed by atoms with Crippen molar-refractivity contribution in [3.05, 3.63) is 78.5 Å². The third kappa shape index (κ3) is 3.79. The Bertz CT molecular complexity index is 1590. The first-order valence-electron chi connectivity index (χ1n) is 13.1. The van der Waals surface area contributed by atoms with Gasteiger partial charge in [-0.1, -0.05) is 42.5 Å². The summed E-state index contributed by atoms with van der Waals surface area (Å²) >= 11 is 0. The summed E-state index contributed by atoms with van der Waals surface area (Å²) in [4.78, 5) is 23.1. The summed E-state index contributed by atoms with van der Waals surface area (Å²) in [5.74, 6) is 2.13. The van der Waals surface area contributed by atoms with E-state index in [-0.39, 0.29) is 0 Å². The van der Waals surface area contributed by atoms with Crippen molar-refractivity contribution >= 4 is 27.8 Å². The zero-order chi connectivity index (χ0) is 24.2. The van der Waals surface area contributed by atoms with Crippen LogP contribution in [-0.2, 0) is 11.3 Å². The minimum Gasteiger partial charge on any atom is -0.361 e. The lowest BCUT2D eigenvalue weighted by Gasteiger charge is -2.18. The highest BCUT2D eigenvalue weighted by atomic mass is 16.2. The van der Waals surface area contributed by atoms with Crippen LogP contribution in [0.5, 0.6) is 0 Å². The number of fused-ring (bicyclic) bond motifs is 2. The minimum absolute atomic E-state index is 0.299. The van der Waals surface area contributed by atoms with E-state index in [0.29, 0.717) is 17.7 Å². The second-order valence-corrected chi connectivity index (χ2v) is 10.6. The van der Waals surface area contributed by atoms with Crippen LogP contribution in [0.1, 0.15) is 24.8 Å². The number of aromatic nitrogens is 3. The number of nitrogens with one attached hydrogen (secondary N) is 1. The van der Waals surface area contributed by atoms with Crippen LogP contribution in [0.4, 0.5) is 0 Å². The van der Waals surface area contributed by atoms with Crippen molar-refractivity contribution in [3.63, 3.8) is 0 Å². The Kier molecular flexibility index (Phi) is 4.98. The largest absolute Gasteiger partial charge is 0.361 e. The van der Waals surface area contributed by atoms with E-state index < -0.39 is 0 Å². The molecular weight excluding hydrogens is 444 g/mol. The first-order valence-corrected chi connectivity index (χ1v) is 13.1. The fourth-order valence-electron chi connectivity index (χ4n) is 5.71. The van der Waals surface area contributed by atoms with Gasteiger partial charge >= 0.3 is 0 Å². The maximum atomic E-state index is 12.6. The topological polar surface area (TPSA) is 53.9 Å². The predicted octanol–water partition coefficient (Wildman–Crippen LogP) is 6.42. The average molecular weight is 475 g/mol. The van der Waals surface area contributed by atoms with E-state index in [0.717, 1.165) is 61.3 Å². The number of nitrogens with zero attached hydrogens (tertiary/aromatic N) is 3. The number of aromatic amines is 1. The van der Waals surface area contributed by atoms with E-state index in [1.807, 2.05) is 6.20 Å². The van der Waals surface area contributed by atoms with Crippen LogP contribution in [0, 0.1) is 18.8 Å². The summed E-state index contributed by atoms with van der Waals surface area (Å²) in [6.07, 6.45) is 5.19. The molecule has 0 unspecified atom stereocenters. The van der Waals surface area contributed by atoms with Crippen LogP contribution in [-0.4, -0.2) is 38.4 Å². The molecule has 5 nitrogen and oxygen atoms in total. The molecule has 3 heterocycles. The lowest BCUT2D eigenvalue weighted by molar-refractivity contribution is -0.131. The smallest absolute Gasteiger partial charge is 0.225 e. The number of hydrogen-bond acceptors (Lipinski definition) is 2. The molecule has 2 aromatic heterocycles. The second-order valence-electron chi connectivity index (χ2n) is 10.6. The summed E-state index contributed by atoms with van der Waals surface area (Å²) in [7, 11) is 0. The Morgan fingerprint density at radius 2 is 1.75 bits per heavy atom. The van der Waals surface area contributed by atoms with Crippen molar-refractivity contribution in [1.82, 2.24) is 19.4 Å². The number of imidazole rings is 1. The Labute approximate surface area is 210 Å². The van der Waals surface area contributed by atoms with E-state index in [4.69, 9.17) is 4.98 Å². The molecule has 0 spiro atoms. The van der Waals surface area contributed by atoms with Gasteiger partial charge in [-0.15, -0.1) is 0 Å². The Morgan fingerprint density at radius 1 is 0.944 bits per heavy atom. The second kappa shape index (κ2) is 8.37. The predicted molar refractivity (Wildman–Crippen MR) is 145 cm³/mol. The van der Waals surface area contributed by atoms with E-state index in [9.17, 15) is 4.79 Å².